The molecule has 136 valence electrons. The number of hydrogen-bond donors (Lipinski definition) is 3. The number of aryl methyl sites for hydroxylation is 1. The highest BCUT2D eigenvalue weighted by Gasteiger charge is 2.21. The Balaban J connectivity index is 1.56. The number of halogens is 1. The third-order valence-corrected chi connectivity index (χ3v) is 4.16. The maximum Gasteiger partial charge on any atom is 0.273 e. The minimum Gasteiger partial charge on any atom is -0.479 e. The molecule has 8 heteroatoms. The molecule has 0 aliphatic carbocycles. The monoisotopic (exact) mass is 366 g/mol. The van der Waals surface area contributed by atoms with Crippen LogP contribution in [-0.2, 0) is 4.79 Å². The average Bonchev–Trinajstić information content (AvgIpc) is 3.14. The third kappa shape index (κ3) is 3.24. The van der Waals surface area contributed by atoms with Crippen LogP contribution in [0.15, 0.2) is 42.5 Å². The highest BCUT2D eigenvalue weighted by molar-refractivity contribution is 6.06. The van der Waals surface area contributed by atoms with Gasteiger partial charge in [0.2, 0.25) is 0 Å². The first-order valence-electron chi connectivity index (χ1n) is 8.20. The first-order chi connectivity index (χ1) is 13.0. The molecule has 0 saturated carbocycles. The first-order valence-corrected chi connectivity index (χ1v) is 8.20. The van der Waals surface area contributed by atoms with Crippen LogP contribution in [0.3, 0.4) is 0 Å². The van der Waals surface area contributed by atoms with Crippen LogP contribution >= 0.6 is 0 Å². The fourth-order valence-electron chi connectivity index (χ4n) is 2.79. The van der Waals surface area contributed by atoms with E-state index in [-0.39, 0.29) is 24.0 Å². The van der Waals surface area contributed by atoms with Gasteiger partial charge in [-0.05, 0) is 48.9 Å². The van der Waals surface area contributed by atoms with Crippen molar-refractivity contribution in [3.05, 3.63) is 59.5 Å². The summed E-state index contributed by atoms with van der Waals surface area (Å²) >= 11 is 0. The summed E-state index contributed by atoms with van der Waals surface area (Å²) in [5.74, 6) is -0.562. The molecule has 1 aliphatic rings. The lowest BCUT2D eigenvalue weighted by molar-refractivity contribution is -0.118. The minimum absolute atomic E-state index is 0.113. The second-order valence-corrected chi connectivity index (χ2v) is 6.10. The Morgan fingerprint density at radius 1 is 1.26 bits per heavy atom. The molecule has 0 atom stereocenters. The lowest BCUT2D eigenvalue weighted by Crippen LogP contribution is -2.26. The number of para-hydroxylation sites is 1. The molecule has 2 heterocycles. The van der Waals surface area contributed by atoms with Crippen LogP contribution in [0.5, 0.6) is 5.75 Å². The summed E-state index contributed by atoms with van der Waals surface area (Å²) in [4.78, 5) is 23.9. The van der Waals surface area contributed by atoms with E-state index in [0.717, 1.165) is 0 Å². The molecule has 2 aromatic carbocycles. The van der Waals surface area contributed by atoms with Gasteiger partial charge in [0.05, 0.1) is 17.1 Å². The predicted molar refractivity (Wildman–Crippen MR) is 97.2 cm³/mol. The Hall–Kier alpha value is -3.68. The third-order valence-electron chi connectivity index (χ3n) is 4.16. The number of hydrogen-bond acceptors (Lipinski definition) is 4. The minimum atomic E-state index is -0.415. The van der Waals surface area contributed by atoms with Gasteiger partial charge in [-0.1, -0.05) is 6.07 Å². The van der Waals surface area contributed by atoms with Gasteiger partial charge >= 0.3 is 0 Å². The largest absolute Gasteiger partial charge is 0.479 e. The molecule has 0 fully saturated rings. The van der Waals surface area contributed by atoms with Gasteiger partial charge in [0, 0.05) is 5.56 Å². The van der Waals surface area contributed by atoms with Crippen molar-refractivity contribution in [2.24, 2.45) is 0 Å². The van der Waals surface area contributed by atoms with E-state index in [1.54, 1.807) is 43.3 Å². The van der Waals surface area contributed by atoms with Crippen molar-refractivity contribution in [3.63, 3.8) is 0 Å². The number of H-pyrrole nitrogens is 1. The SMILES string of the molecule is Cc1cc(-c2cc(C(=O)Nc3cccc4c3OCC(=O)N4)[nH]n2)ccc1F. The van der Waals surface area contributed by atoms with Crippen molar-refractivity contribution in [2.75, 3.05) is 17.2 Å². The maximum absolute atomic E-state index is 13.4. The van der Waals surface area contributed by atoms with Crippen molar-refractivity contribution in [1.29, 1.82) is 0 Å². The number of aromatic amines is 1. The fourth-order valence-corrected chi connectivity index (χ4v) is 2.79. The molecule has 3 N–H and O–H groups in total. The molecule has 1 aliphatic heterocycles. The van der Waals surface area contributed by atoms with Gasteiger partial charge in [-0.3, -0.25) is 14.7 Å². The van der Waals surface area contributed by atoms with Crippen LogP contribution < -0.4 is 15.4 Å². The first kappa shape index (κ1) is 16.8. The highest BCUT2D eigenvalue weighted by atomic mass is 19.1. The van der Waals surface area contributed by atoms with Gasteiger partial charge in [0.25, 0.3) is 11.8 Å². The van der Waals surface area contributed by atoms with Crippen molar-refractivity contribution >= 4 is 23.2 Å². The van der Waals surface area contributed by atoms with E-state index in [1.165, 1.54) is 6.07 Å². The summed E-state index contributed by atoms with van der Waals surface area (Å²) in [5.41, 5.74) is 2.90. The number of fused-ring (bicyclic) bond motifs is 1. The molecule has 0 spiro atoms. The Morgan fingerprint density at radius 2 is 2.11 bits per heavy atom. The number of amides is 2. The van der Waals surface area contributed by atoms with E-state index < -0.39 is 5.91 Å². The normalized spacial score (nSPS) is 12.7. The van der Waals surface area contributed by atoms with E-state index in [9.17, 15) is 14.0 Å². The molecule has 0 saturated heterocycles. The fraction of sp³-hybridized carbons (Fsp3) is 0.105. The second-order valence-electron chi connectivity index (χ2n) is 6.10. The Morgan fingerprint density at radius 3 is 2.93 bits per heavy atom. The molecule has 0 bridgehead atoms. The van der Waals surface area contributed by atoms with Gasteiger partial charge in [0.15, 0.2) is 12.4 Å². The van der Waals surface area contributed by atoms with E-state index in [4.69, 9.17) is 4.74 Å². The molecule has 27 heavy (non-hydrogen) atoms. The van der Waals surface area contributed by atoms with Crippen molar-refractivity contribution < 1.29 is 18.7 Å². The number of aromatic nitrogens is 2. The summed E-state index contributed by atoms with van der Waals surface area (Å²) in [6, 6.07) is 11.3. The zero-order chi connectivity index (χ0) is 19.0. The van der Waals surface area contributed by atoms with E-state index in [1.807, 2.05) is 0 Å². The smallest absolute Gasteiger partial charge is 0.273 e. The van der Waals surface area contributed by atoms with Gasteiger partial charge in [-0.25, -0.2) is 4.39 Å². The molecule has 2 amide bonds. The molecule has 0 radical (unpaired) electrons. The molecule has 0 unspecified atom stereocenters. The van der Waals surface area contributed by atoms with E-state index in [0.29, 0.717) is 33.9 Å². The molecule has 1 aromatic heterocycles. The molecular weight excluding hydrogens is 351 g/mol. The maximum atomic E-state index is 13.4. The highest BCUT2D eigenvalue weighted by Crippen LogP contribution is 2.35. The Bertz CT molecular complexity index is 1060. The lowest BCUT2D eigenvalue weighted by atomic mass is 10.1. The summed E-state index contributed by atoms with van der Waals surface area (Å²) < 4.78 is 18.8. The van der Waals surface area contributed by atoms with Crippen LogP contribution in [-0.4, -0.2) is 28.6 Å². The number of ether oxygens (including phenoxy) is 1. The van der Waals surface area contributed by atoms with Crippen LogP contribution in [0.4, 0.5) is 15.8 Å². The number of nitrogens with zero attached hydrogens (tertiary/aromatic N) is 1. The van der Waals surface area contributed by atoms with Gasteiger partial charge in [-0.15, -0.1) is 0 Å². The summed E-state index contributed by atoms with van der Waals surface area (Å²) in [7, 11) is 0. The number of benzene rings is 2. The molecule has 3 aromatic rings. The summed E-state index contributed by atoms with van der Waals surface area (Å²) in [6.07, 6.45) is 0. The number of carbonyl (C=O) groups excluding carboxylic acids is 2. The topological polar surface area (TPSA) is 96.1 Å². The Labute approximate surface area is 153 Å². The number of anilines is 2. The predicted octanol–water partition coefficient (Wildman–Crippen LogP) is 3.11. The van der Waals surface area contributed by atoms with Gasteiger partial charge in [-0.2, -0.15) is 5.10 Å². The number of nitrogens with one attached hydrogen (secondary N) is 3. The van der Waals surface area contributed by atoms with Crippen molar-refractivity contribution in [3.8, 4) is 17.0 Å². The van der Waals surface area contributed by atoms with Crippen LogP contribution in [0, 0.1) is 12.7 Å². The number of rotatable bonds is 3. The van der Waals surface area contributed by atoms with E-state index >= 15 is 0 Å². The zero-order valence-corrected chi connectivity index (χ0v) is 14.3. The van der Waals surface area contributed by atoms with Gasteiger partial charge in [0.1, 0.15) is 11.5 Å². The van der Waals surface area contributed by atoms with E-state index in [2.05, 4.69) is 20.8 Å². The summed E-state index contributed by atoms with van der Waals surface area (Å²) in [6.45, 7) is 1.55. The number of carbonyl (C=O) groups is 2. The summed E-state index contributed by atoms with van der Waals surface area (Å²) in [5, 5.41) is 12.2. The lowest BCUT2D eigenvalue weighted by Gasteiger charge is -2.20. The zero-order valence-electron chi connectivity index (χ0n) is 14.3. The average molecular weight is 366 g/mol. The van der Waals surface area contributed by atoms with Crippen LogP contribution in [0.1, 0.15) is 16.1 Å². The molecular formula is C19H15FN4O3. The van der Waals surface area contributed by atoms with Crippen molar-refractivity contribution in [2.45, 2.75) is 6.92 Å². The van der Waals surface area contributed by atoms with Crippen molar-refractivity contribution in [1.82, 2.24) is 10.2 Å². The van der Waals surface area contributed by atoms with Crippen LogP contribution in [0.25, 0.3) is 11.3 Å². The Kier molecular flexibility index (Phi) is 4.08. The van der Waals surface area contributed by atoms with Crippen LogP contribution in [0.2, 0.25) is 0 Å². The molecule has 4 rings (SSSR count). The van der Waals surface area contributed by atoms with Gasteiger partial charge < -0.3 is 15.4 Å². The molecule has 7 nitrogen and oxygen atoms in total. The standard InChI is InChI=1S/C19H15FN4O3/c1-10-7-11(5-6-12(10)20)15-8-16(24-23-15)19(26)22-14-4-2-3-13-18(14)27-9-17(25)21-13/h2-8H,9H2,1H3,(H,21,25)(H,22,26)(H,23,24). The quantitative estimate of drug-likeness (QED) is 0.664. The second kappa shape index (κ2) is 6.56.